The van der Waals surface area contributed by atoms with Crippen LogP contribution in [-0.2, 0) is 13.1 Å². The Hall–Kier alpha value is -0.790. The maximum atomic E-state index is 2.51. The van der Waals surface area contributed by atoms with Gasteiger partial charge in [-0.1, -0.05) is 79.1 Å². The lowest BCUT2D eigenvalue weighted by atomic mass is 10.1. The lowest BCUT2D eigenvalue weighted by Gasteiger charge is -2.08. The third-order valence-corrected chi connectivity index (χ3v) is 5.04. The first-order valence-electron chi connectivity index (χ1n) is 10.8. The number of imidazole rings is 1. The number of aromatic nitrogens is 2. The number of hydrogen-bond donors (Lipinski definition) is 0. The molecule has 0 amide bonds. The Balaban J connectivity index is 2.26. The van der Waals surface area contributed by atoms with E-state index in [1.54, 1.807) is 0 Å². The van der Waals surface area contributed by atoms with E-state index in [9.17, 15) is 0 Å². The molecule has 0 bridgehead atoms. The first kappa shape index (κ1) is 21.3. The molecule has 0 saturated heterocycles. The van der Waals surface area contributed by atoms with Crippen molar-refractivity contribution in [3.05, 3.63) is 18.2 Å². The Morgan fingerprint density at radius 3 is 1.92 bits per heavy atom. The monoisotopic (exact) mass is 335 g/mol. The summed E-state index contributed by atoms with van der Waals surface area (Å²) in [5.41, 5.74) is 0. The summed E-state index contributed by atoms with van der Waals surface area (Å²) in [4.78, 5) is 0. The van der Waals surface area contributed by atoms with Gasteiger partial charge >= 0.3 is 0 Å². The highest BCUT2D eigenvalue weighted by molar-refractivity contribution is 4.89. The number of hydrogen-bond acceptors (Lipinski definition) is 0. The van der Waals surface area contributed by atoms with E-state index in [-0.39, 0.29) is 0 Å². The second kappa shape index (κ2) is 13.5. The second-order valence-corrected chi connectivity index (χ2v) is 7.73. The predicted molar refractivity (Wildman–Crippen MR) is 105 cm³/mol. The van der Waals surface area contributed by atoms with Crippen LogP contribution in [0.2, 0.25) is 0 Å². The summed E-state index contributed by atoms with van der Waals surface area (Å²) in [6, 6.07) is 0. The third-order valence-electron chi connectivity index (χ3n) is 5.04. The van der Waals surface area contributed by atoms with E-state index in [4.69, 9.17) is 0 Å². The SMILES string of the molecule is CCCCCCCCCCCn1cc[n+](CCCCC)c1C(C)C. The maximum absolute atomic E-state index is 2.51. The zero-order valence-corrected chi connectivity index (χ0v) is 17.0. The van der Waals surface area contributed by atoms with Gasteiger partial charge in [0.2, 0.25) is 0 Å². The van der Waals surface area contributed by atoms with Crippen molar-refractivity contribution in [3.8, 4) is 0 Å². The molecule has 1 aromatic rings. The lowest BCUT2D eigenvalue weighted by molar-refractivity contribution is -0.705. The van der Waals surface area contributed by atoms with Gasteiger partial charge in [-0.3, -0.25) is 0 Å². The van der Waals surface area contributed by atoms with Crippen LogP contribution in [0.4, 0.5) is 0 Å². The van der Waals surface area contributed by atoms with Crippen molar-refractivity contribution in [2.75, 3.05) is 0 Å². The van der Waals surface area contributed by atoms with Crippen LogP contribution in [0.15, 0.2) is 12.4 Å². The van der Waals surface area contributed by atoms with Crippen molar-refractivity contribution in [2.45, 2.75) is 124 Å². The van der Waals surface area contributed by atoms with Gasteiger partial charge in [-0.25, -0.2) is 9.13 Å². The van der Waals surface area contributed by atoms with Crippen LogP contribution >= 0.6 is 0 Å². The summed E-state index contributed by atoms with van der Waals surface area (Å²) in [7, 11) is 0. The van der Waals surface area contributed by atoms with Gasteiger partial charge in [-0.15, -0.1) is 0 Å². The van der Waals surface area contributed by atoms with Crippen molar-refractivity contribution in [2.24, 2.45) is 0 Å². The average Bonchev–Trinajstić information content (AvgIpc) is 2.96. The van der Waals surface area contributed by atoms with Gasteiger partial charge in [0, 0.05) is 0 Å². The van der Waals surface area contributed by atoms with Crippen molar-refractivity contribution in [3.63, 3.8) is 0 Å². The van der Waals surface area contributed by atoms with Gasteiger partial charge in [0.25, 0.3) is 5.82 Å². The quantitative estimate of drug-likeness (QED) is 0.251. The summed E-state index contributed by atoms with van der Waals surface area (Å²) < 4.78 is 5.01. The number of aryl methyl sites for hydroxylation is 2. The molecule has 0 unspecified atom stereocenters. The zero-order valence-electron chi connectivity index (χ0n) is 17.0. The summed E-state index contributed by atoms with van der Waals surface area (Å²) in [6.45, 7) is 11.6. The van der Waals surface area contributed by atoms with Gasteiger partial charge in [0.15, 0.2) is 0 Å². The first-order chi connectivity index (χ1) is 11.7. The molecule has 0 fully saturated rings. The molecule has 1 rings (SSSR count). The topological polar surface area (TPSA) is 8.81 Å². The Labute approximate surface area is 151 Å². The Kier molecular flexibility index (Phi) is 12.0. The highest BCUT2D eigenvalue weighted by Crippen LogP contribution is 2.14. The fourth-order valence-electron chi connectivity index (χ4n) is 3.65. The molecule has 140 valence electrons. The Morgan fingerprint density at radius 1 is 0.792 bits per heavy atom. The van der Waals surface area contributed by atoms with Gasteiger partial charge in [0.1, 0.15) is 12.4 Å². The highest BCUT2D eigenvalue weighted by atomic mass is 15.1. The summed E-state index contributed by atoms with van der Waals surface area (Å²) in [6.07, 6.45) is 21.2. The zero-order chi connectivity index (χ0) is 17.6. The van der Waals surface area contributed by atoms with E-state index in [1.807, 2.05) is 0 Å². The number of unbranched alkanes of at least 4 members (excludes halogenated alkanes) is 10. The number of nitrogens with zero attached hydrogens (tertiary/aromatic N) is 2. The van der Waals surface area contributed by atoms with Crippen LogP contribution in [0.5, 0.6) is 0 Å². The van der Waals surface area contributed by atoms with E-state index >= 15 is 0 Å². The van der Waals surface area contributed by atoms with Crippen LogP contribution < -0.4 is 4.57 Å². The van der Waals surface area contributed by atoms with Gasteiger partial charge in [-0.2, -0.15) is 0 Å². The Bertz CT molecular complexity index is 406. The largest absolute Gasteiger partial charge is 0.258 e. The molecule has 2 heteroatoms. The van der Waals surface area contributed by atoms with Crippen LogP contribution in [0.3, 0.4) is 0 Å². The Morgan fingerprint density at radius 2 is 1.33 bits per heavy atom. The van der Waals surface area contributed by atoms with Crippen molar-refractivity contribution >= 4 is 0 Å². The minimum atomic E-state index is 0.611. The number of rotatable bonds is 15. The molecule has 0 saturated carbocycles. The average molecular weight is 336 g/mol. The van der Waals surface area contributed by atoms with Crippen molar-refractivity contribution < 1.29 is 4.57 Å². The second-order valence-electron chi connectivity index (χ2n) is 7.73. The molecule has 0 radical (unpaired) electrons. The molecule has 0 aliphatic rings. The van der Waals surface area contributed by atoms with Crippen LogP contribution in [0.1, 0.15) is 116 Å². The molecule has 2 nitrogen and oxygen atoms in total. The molecule has 1 aromatic heterocycles. The van der Waals surface area contributed by atoms with Crippen molar-refractivity contribution in [1.82, 2.24) is 4.57 Å². The van der Waals surface area contributed by atoms with Crippen molar-refractivity contribution in [1.29, 1.82) is 0 Å². The fourth-order valence-corrected chi connectivity index (χ4v) is 3.65. The minimum Gasteiger partial charge on any atom is -0.234 e. The molecule has 24 heavy (non-hydrogen) atoms. The van der Waals surface area contributed by atoms with E-state index in [0.29, 0.717) is 5.92 Å². The summed E-state index contributed by atoms with van der Waals surface area (Å²) in [5.74, 6) is 2.13. The van der Waals surface area contributed by atoms with E-state index < -0.39 is 0 Å². The summed E-state index contributed by atoms with van der Waals surface area (Å²) >= 11 is 0. The van der Waals surface area contributed by atoms with E-state index in [0.717, 1.165) is 0 Å². The fraction of sp³-hybridized carbons (Fsp3) is 0.864. The van der Waals surface area contributed by atoms with Crippen LogP contribution in [0, 0.1) is 0 Å². The van der Waals surface area contributed by atoms with Crippen LogP contribution in [0.25, 0.3) is 0 Å². The molecular weight excluding hydrogens is 292 g/mol. The first-order valence-corrected chi connectivity index (χ1v) is 10.8. The smallest absolute Gasteiger partial charge is 0.234 e. The van der Waals surface area contributed by atoms with Crippen LogP contribution in [-0.4, -0.2) is 4.57 Å². The lowest BCUT2D eigenvalue weighted by Crippen LogP contribution is -2.38. The maximum Gasteiger partial charge on any atom is 0.258 e. The summed E-state index contributed by atoms with van der Waals surface area (Å²) in [5, 5.41) is 0. The standard InChI is InChI=1S/C22H43N2/c1-5-7-9-10-11-12-13-14-16-18-24-20-19-23(17-15-8-6-2)22(24)21(3)4/h19-21H,5-18H2,1-4H3/q+1. The van der Waals surface area contributed by atoms with Gasteiger partial charge < -0.3 is 0 Å². The molecule has 1 heterocycles. The van der Waals surface area contributed by atoms with Gasteiger partial charge in [-0.05, 0) is 25.7 Å². The van der Waals surface area contributed by atoms with E-state index in [2.05, 4.69) is 49.2 Å². The third kappa shape index (κ3) is 8.35. The molecule has 0 aliphatic carbocycles. The normalized spacial score (nSPS) is 11.5. The molecule has 0 aromatic carbocycles. The highest BCUT2D eigenvalue weighted by Gasteiger charge is 2.19. The molecular formula is C22H43N2+. The van der Waals surface area contributed by atoms with Gasteiger partial charge in [0.05, 0.1) is 19.0 Å². The molecule has 0 aliphatic heterocycles. The molecule has 0 N–H and O–H groups in total. The minimum absolute atomic E-state index is 0.611. The predicted octanol–water partition coefficient (Wildman–Crippen LogP) is 6.62. The van der Waals surface area contributed by atoms with E-state index in [1.165, 1.54) is 96.0 Å². The molecule has 0 atom stereocenters. The molecule has 0 spiro atoms.